The number of hydrogen-bond donors (Lipinski definition) is 3. The Bertz CT molecular complexity index is 1460. The normalized spacial score (nSPS) is 19.3. The Kier molecular flexibility index (Phi) is 8.40. The molecule has 0 bridgehead atoms. The number of carbonyl (C=O) groups excluding carboxylic acids is 2. The van der Waals surface area contributed by atoms with Crippen LogP contribution in [-0.2, 0) is 16.8 Å². The van der Waals surface area contributed by atoms with E-state index in [0.717, 1.165) is 48.5 Å². The average molecular weight is 591 g/mol. The lowest BCUT2D eigenvalue weighted by Gasteiger charge is -2.30. The number of hydrogen-bond acceptors (Lipinski definition) is 7. The molecule has 2 heterocycles. The zero-order chi connectivity index (χ0) is 31.1. The molecule has 1 saturated carbocycles. The molecule has 5 rings (SSSR count). The van der Waals surface area contributed by atoms with Crippen molar-refractivity contribution in [2.45, 2.75) is 58.9 Å². The molecule has 2 unspecified atom stereocenters. The molecule has 2 aromatic carbocycles. The monoisotopic (exact) mass is 590 g/mol. The third-order valence-electron chi connectivity index (χ3n) is 8.57. The summed E-state index contributed by atoms with van der Waals surface area (Å²) in [4.78, 5) is 41.8. The Hall–Kier alpha value is -4.08. The summed E-state index contributed by atoms with van der Waals surface area (Å²) in [6.45, 7) is 10.9. The van der Waals surface area contributed by atoms with E-state index >= 15 is 0 Å². The Balaban J connectivity index is 1.43. The van der Waals surface area contributed by atoms with E-state index in [2.05, 4.69) is 31.0 Å². The fraction of sp³-hybridized carbons (Fsp3) is 0.515. The van der Waals surface area contributed by atoms with Crippen molar-refractivity contribution in [3.05, 3.63) is 52.1 Å². The standard InChI is InChI=1S/C33H42N4O6/c1-6-42-28-14-20-16-37(30(34)22(20)15-24(28)31(39)35-5)17-27(38)19-12-25(33(2,3)4)29(26(13-19)36-9-7-8-10-36)43-18-21-11-23(21)32(40)41/h12-15,21,23,34H,6-11,16-18H2,1-5H3,(H,35,39)(H,40,41). The number of Topliss-reactive ketones (excluding diaryl/α,β-unsaturated/α-hetero) is 1. The Morgan fingerprint density at radius 1 is 1.09 bits per heavy atom. The number of carbonyl (C=O) groups is 3. The van der Waals surface area contributed by atoms with Crippen LogP contribution in [0.5, 0.6) is 11.5 Å². The number of carboxylic acids is 1. The maximum absolute atomic E-state index is 13.9. The minimum absolute atomic E-state index is 0.00646. The fourth-order valence-corrected chi connectivity index (χ4v) is 6.02. The third-order valence-corrected chi connectivity index (χ3v) is 8.57. The lowest BCUT2D eigenvalue weighted by molar-refractivity contribution is -0.138. The molecule has 230 valence electrons. The molecule has 10 heteroatoms. The van der Waals surface area contributed by atoms with Crippen molar-refractivity contribution >= 4 is 29.2 Å². The summed E-state index contributed by atoms with van der Waals surface area (Å²) in [5.74, 6) is -0.153. The number of rotatable bonds is 11. The van der Waals surface area contributed by atoms with Gasteiger partial charge in [-0.25, -0.2) is 0 Å². The lowest BCUT2D eigenvalue weighted by Crippen LogP contribution is -2.31. The van der Waals surface area contributed by atoms with E-state index in [-0.39, 0.29) is 41.3 Å². The number of nitrogens with zero attached hydrogens (tertiary/aromatic N) is 2. The first kappa shape index (κ1) is 30.4. The van der Waals surface area contributed by atoms with Crippen molar-refractivity contribution < 1.29 is 29.0 Å². The topological polar surface area (TPSA) is 132 Å². The molecular formula is C33H42N4O6. The molecule has 1 saturated heterocycles. The number of fused-ring (bicyclic) bond motifs is 1. The Morgan fingerprint density at radius 2 is 1.81 bits per heavy atom. The molecule has 3 N–H and O–H groups in total. The van der Waals surface area contributed by atoms with Gasteiger partial charge in [-0.15, -0.1) is 0 Å². The fourth-order valence-electron chi connectivity index (χ4n) is 6.02. The quantitative estimate of drug-likeness (QED) is 0.327. The van der Waals surface area contributed by atoms with Crippen LogP contribution in [0.2, 0.25) is 0 Å². The number of ether oxygens (including phenoxy) is 2. The van der Waals surface area contributed by atoms with Crippen LogP contribution in [0.15, 0.2) is 24.3 Å². The minimum Gasteiger partial charge on any atom is -0.493 e. The van der Waals surface area contributed by atoms with Gasteiger partial charge in [0.15, 0.2) is 5.78 Å². The van der Waals surface area contributed by atoms with Gasteiger partial charge in [0, 0.05) is 49.3 Å². The van der Waals surface area contributed by atoms with E-state index in [1.54, 1.807) is 24.1 Å². The number of carboxylic acid groups (broad SMARTS) is 1. The van der Waals surface area contributed by atoms with E-state index in [1.807, 2.05) is 19.1 Å². The molecule has 3 aliphatic rings. The van der Waals surface area contributed by atoms with E-state index < -0.39 is 5.97 Å². The average Bonchev–Trinajstić information content (AvgIpc) is 3.42. The van der Waals surface area contributed by atoms with Crippen LogP contribution < -0.4 is 19.7 Å². The Labute approximate surface area is 252 Å². The molecule has 43 heavy (non-hydrogen) atoms. The summed E-state index contributed by atoms with van der Waals surface area (Å²) in [5, 5.41) is 20.8. The van der Waals surface area contributed by atoms with Crippen LogP contribution in [0, 0.1) is 17.2 Å². The second-order valence-corrected chi connectivity index (χ2v) is 12.7. The van der Waals surface area contributed by atoms with Gasteiger partial charge in [-0.2, -0.15) is 0 Å². The molecule has 1 aliphatic carbocycles. The highest BCUT2D eigenvalue weighted by Crippen LogP contribution is 2.44. The van der Waals surface area contributed by atoms with E-state index in [9.17, 15) is 19.5 Å². The second-order valence-electron chi connectivity index (χ2n) is 12.7. The van der Waals surface area contributed by atoms with Gasteiger partial charge in [-0.05, 0) is 61.4 Å². The van der Waals surface area contributed by atoms with Crippen molar-refractivity contribution in [1.82, 2.24) is 10.2 Å². The van der Waals surface area contributed by atoms with Crippen LogP contribution >= 0.6 is 0 Å². The van der Waals surface area contributed by atoms with Gasteiger partial charge < -0.3 is 29.7 Å². The highest BCUT2D eigenvalue weighted by Gasteiger charge is 2.44. The van der Waals surface area contributed by atoms with Gasteiger partial charge in [-0.3, -0.25) is 19.8 Å². The highest BCUT2D eigenvalue weighted by atomic mass is 16.5. The summed E-state index contributed by atoms with van der Waals surface area (Å²) in [6, 6.07) is 7.29. The summed E-state index contributed by atoms with van der Waals surface area (Å²) >= 11 is 0. The maximum Gasteiger partial charge on any atom is 0.306 e. The van der Waals surface area contributed by atoms with Crippen LogP contribution in [0.4, 0.5) is 5.69 Å². The zero-order valence-electron chi connectivity index (χ0n) is 25.7. The van der Waals surface area contributed by atoms with Gasteiger partial charge in [-0.1, -0.05) is 20.8 Å². The minimum atomic E-state index is -0.779. The first-order valence-electron chi connectivity index (χ1n) is 15.1. The number of anilines is 1. The van der Waals surface area contributed by atoms with Crippen LogP contribution in [0.3, 0.4) is 0 Å². The van der Waals surface area contributed by atoms with E-state index in [1.165, 1.54) is 0 Å². The van der Waals surface area contributed by atoms with Crippen LogP contribution in [0.1, 0.15) is 84.4 Å². The smallest absolute Gasteiger partial charge is 0.306 e. The third kappa shape index (κ3) is 6.19. The zero-order valence-corrected chi connectivity index (χ0v) is 25.7. The molecule has 0 radical (unpaired) electrons. The first-order valence-corrected chi connectivity index (χ1v) is 15.1. The molecule has 0 spiro atoms. The number of aliphatic carboxylic acids is 1. The molecule has 0 aromatic heterocycles. The highest BCUT2D eigenvalue weighted by molar-refractivity contribution is 6.08. The first-order chi connectivity index (χ1) is 20.4. The van der Waals surface area contributed by atoms with E-state index in [4.69, 9.17) is 14.9 Å². The number of amides is 1. The number of ketones is 1. The lowest BCUT2D eigenvalue weighted by atomic mass is 9.84. The van der Waals surface area contributed by atoms with Gasteiger partial charge in [0.25, 0.3) is 5.91 Å². The predicted molar refractivity (Wildman–Crippen MR) is 164 cm³/mol. The van der Waals surface area contributed by atoms with Gasteiger partial charge in [0.05, 0.1) is 36.9 Å². The summed E-state index contributed by atoms with van der Waals surface area (Å²) < 4.78 is 12.1. The second kappa shape index (κ2) is 11.9. The van der Waals surface area contributed by atoms with Crippen molar-refractivity contribution in [1.29, 1.82) is 5.41 Å². The van der Waals surface area contributed by atoms with Gasteiger partial charge in [0.1, 0.15) is 17.3 Å². The summed E-state index contributed by atoms with van der Waals surface area (Å²) in [7, 11) is 1.55. The van der Waals surface area contributed by atoms with Crippen molar-refractivity contribution in [2.24, 2.45) is 11.8 Å². The van der Waals surface area contributed by atoms with E-state index in [0.29, 0.717) is 48.6 Å². The largest absolute Gasteiger partial charge is 0.493 e. The van der Waals surface area contributed by atoms with Crippen molar-refractivity contribution in [3.8, 4) is 11.5 Å². The molecule has 2 aliphatic heterocycles. The maximum atomic E-state index is 13.9. The molecule has 2 aromatic rings. The van der Waals surface area contributed by atoms with Crippen LogP contribution in [-0.4, -0.2) is 73.4 Å². The number of amidine groups is 1. The SMILES string of the molecule is CCOc1cc2c(cc1C(=O)NC)C(=N)N(CC(=O)c1cc(N3CCCC3)c(OCC3CC3C(=O)O)c(C(C)(C)C)c1)C2. The molecule has 10 nitrogen and oxygen atoms in total. The number of benzene rings is 2. The molecule has 1 amide bonds. The van der Waals surface area contributed by atoms with Crippen molar-refractivity contribution in [2.75, 3.05) is 44.8 Å². The predicted octanol–water partition coefficient (Wildman–Crippen LogP) is 4.47. The Morgan fingerprint density at radius 3 is 2.42 bits per heavy atom. The molecular weight excluding hydrogens is 548 g/mol. The number of nitrogens with one attached hydrogen (secondary N) is 2. The van der Waals surface area contributed by atoms with Crippen molar-refractivity contribution in [3.63, 3.8) is 0 Å². The van der Waals surface area contributed by atoms with Gasteiger partial charge in [0.2, 0.25) is 0 Å². The summed E-state index contributed by atoms with van der Waals surface area (Å²) in [5.41, 5.74) is 3.82. The molecule has 2 atom stereocenters. The van der Waals surface area contributed by atoms with Gasteiger partial charge >= 0.3 is 5.97 Å². The summed E-state index contributed by atoms with van der Waals surface area (Å²) in [6.07, 6.45) is 2.73. The molecule has 2 fully saturated rings. The van der Waals surface area contributed by atoms with Crippen LogP contribution in [0.25, 0.3) is 0 Å².